The lowest BCUT2D eigenvalue weighted by Crippen LogP contribution is -2.37. The molecule has 0 aromatic heterocycles. The van der Waals surface area contributed by atoms with Crippen molar-refractivity contribution in [1.29, 1.82) is 0 Å². The molecule has 0 aliphatic rings. The van der Waals surface area contributed by atoms with Crippen LogP contribution in [0.2, 0.25) is 0 Å². The minimum atomic E-state index is -0.904. The molecule has 1 aromatic rings. The zero-order valence-corrected chi connectivity index (χ0v) is 10.9. The summed E-state index contributed by atoms with van der Waals surface area (Å²) in [5.74, 6) is 0.768. The first kappa shape index (κ1) is 13.0. The molecule has 1 N–H and O–H groups in total. The summed E-state index contributed by atoms with van der Waals surface area (Å²) in [5, 5.41) is 10.6. The minimum Gasteiger partial charge on any atom is -0.493 e. The SMILES string of the molecule is CCOc1ccccc1C(C)(O)C(C)(C)C. The molecule has 0 saturated heterocycles. The molecule has 0 heterocycles. The maximum Gasteiger partial charge on any atom is 0.125 e. The summed E-state index contributed by atoms with van der Waals surface area (Å²) in [4.78, 5) is 0. The van der Waals surface area contributed by atoms with E-state index in [2.05, 4.69) is 0 Å². The van der Waals surface area contributed by atoms with Gasteiger partial charge in [0.15, 0.2) is 0 Å². The van der Waals surface area contributed by atoms with Crippen molar-refractivity contribution in [1.82, 2.24) is 0 Å². The number of hydrogen-bond donors (Lipinski definition) is 1. The lowest BCUT2D eigenvalue weighted by molar-refractivity contribution is -0.0488. The fourth-order valence-electron chi connectivity index (χ4n) is 1.55. The van der Waals surface area contributed by atoms with Crippen LogP contribution in [0.25, 0.3) is 0 Å². The molecule has 2 heteroatoms. The van der Waals surface area contributed by atoms with Crippen molar-refractivity contribution in [2.24, 2.45) is 5.41 Å². The molecule has 2 nitrogen and oxygen atoms in total. The average Bonchev–Trinajstić information content (AvgIpc) is 2.17. The second-order valence-electron chi connectivity index (χ2n) is 5.25. The van der Waals surface area contributed by atoms with Gasteiger partial charge in [-0.25, -0.2) is 0 Å². The number of para-hydroxylation sites is 1. The highest BCUT2D eigenvalue weighted by atomic mass is 16.5. The van der Waals surface area contributed by atoms with Crippen molar-refractivity contribution >= 4 is 0 Å². The van der Waals surface area contributed by atoms with Gasteiger partial charge in [0.05, 0.1) is 12.2 Å². The first-order valence-corrected chi connectivity index (χ1v) is 5.75. The van der Waals surface area contributed by atoms with Crippen molar-refractivity contribution in [2.75, 3.05) is 6.61 Å². The summed E-state index contributed by atoms with van der Waals surface area (Å²) in [5.41, 5.74) is -0.289. The summed E-state index contributed by atoms with van der Waals surface area (Å²) in [7, 11) is 0. The molecule has 0 amide bonds. The zero-order valence-electron chi connectivity index (χ0n) is 10.9. The van der Waals surface area contributed by atoms with E-state index in [0.29, 0.717) is 6.61 Å². The van der Waals surface area contributed by atoms with Crippen LogP contribution in [0.4, 0.5) is 0 Å². The molecule has 0 aliphatic carbocycles. The predicted octanol–water partition coefficient (Wildman–Crippen LogP) is 3.34. The van der Waals surface area contributed by atoms with E-state index in [1.165, 1.54) is 0 Å². The zero-order chi connectivity index (χ0) is 12.4. The van der Waals surface area contributed by atoms with Crippen molar-refractivity contribution in [3.8, 4) is 5.75 Å². The highest BCUT2D eigenvalue weighted by molar-refractivity contribution is 5.38. The molecule has 0 bridgehead atoms. The first-order chi connectivity index (χ1) is 7.30. The highest BCUT2D eigenvalue weighted by Gasteiger charge is 2.38. The van der Waals surface area contributed by atoms with Crippen molar-refractivity contribution < 1.29 is 9.84 Å². The van der Waals surface area contributed by atoms with Crippen LogP contribution in [0.1, 0.15) is 40.2 Å². The summed E-state index contributed by atoms with van der Waals surface area (Å²) in [6.07, 6.45) is 0. The van der Waals surface area contributed by atoms with E-state index in [9.17, 15) is 5.11 Å². The van der Waals surface area contributed by atoms with Crippen LogP contribution in [0.3, 0.4) is 0 Å². The number of hydrogen-bond acceptors (Lipinski definition) is 2. The van der Waals surface area contributed by atoms with Crippen molar-refractivity contribution in [2.45, 2.75) is 40.2 Å². The van der Waals surface area contributed by atoms with Crippen LogP contribution in [-0.2, 0) is 5.60 Å². The third-order valence-electron chi connectivity index (χ3n) is 3.17. The number of aliphatic hydroxyl groups is 1. The average molecular weight is 222 g/mol. The maximum absolute atomic E-state index is 10.6. The Labute approximate surface area is 98.3 Å². The molecule has 16 heavy (non-hydrogen) atoms. The van der Waals surface area contributed by atoms with Crippen LogP contribution >= 0.6 is 0 Å². The van der Waals surface area contributed by atoms with Crippen molar-refractivity contribution in [3.63, 3.8) is 0 Å². The lowest BCUT2D eigenvalue weighted by Gasteiger charge is -2.38. The summed E-state index contributed by atoms with van der Waals surface area (Å²) < 4.78 is 5.56. The van der Waals surface area contributed by atoms with Crippen LogP contribution < -0.4 is 4.74 Å². The second kappa shape index (κ2) is 4.46. The molecule has 0 radical (unpaired) electrons. The van der Waals surface area contributed by atoms with Crippen LogP contribution in [0.5, 0.6) is 5.75 Å². The summed E-state index contributed by atoms with van der Waals surface area (Å²) in [6, 6.07) is 7.68. The Kier molecular flexibility index (Phi) is 3.64. The molecule has 1 rings (SSSR count). The number of rotatable bonds is 3. The monoisotopic (exact) mass is 222 g/mol. The lowest BCUT2D eigenvalue weighted by atomic mass is 9.73. The van der Waals surface area contributed by atoms with E-state index in [1.807, 2.05) is 58.9 Å². The van der Waals surface area contributed by atoms with Crippen LogP contribution in [0.15, 0.2) is 24.3 Å². The highest BCUT2D eigenvalue weighted by Crippen LogP contribution is 2.42. The molecule has 0 spiro atoms. The van der Waals surface area contributed by atoms with E-state index in [4.69, 9.17) is 4.74 Å². The minimum absolute atomic E-state index is 0.236. The van der Waals surface area contributed by atoms with E-state index in [-0.39, 0.29) is 5.41 Å². The smallest absolute Gasteiger partial charge is 0.125 e. The molecule has 0 fully saturated rings. The molecular formula is C14H22O2. The fourth-order valence-corrected chi connectivity index (χ4v) is 1.55. The summed E-state index contributed by atoms with van der Waals surface area (Å²) in [6.45, 7) is 10.5. The quantitative estimate of drug-likeness (QED) is 0.850. The van der Waals surface area contributed by atoms with Gasteiger partial charge in [-0.2, -0.15) is 0 Å². The Morgan fingerprint density at radius 1 is 1.12 bits per heavy atom. The Morgan fingerprint density at radius 2 is 1.69 bits per heavy atom. The van der Waals surface area contributed by atoms with Crippen molar-refractivity contribution in [3.05, 3.63) is 29.8 Å². The van der Waals surface area contributed by atoms with E-state index in [0.717, 1.165) is 11.3 Å². The normalized spacial score (nSPS) is 15.6. The van der Waals surface area contributed by atoms with E-state index >= 15 is 0 Å². The van der Waals surface area contributed by atoms with Gasteiger partial charge in [0.25, 0.3) is 0 Å². The number of ether oxygens (including phenoxy) is 1. The molecule has 0 saturated carbocycles. The third kappa shape index (κ3) is 2.38. The van der Waals surface area contributed by atoms with Gasteiger partial charge in [0.1, 0.15) is 5.75 Å². The van der Waals surface area contributed by atoms with Gasteiger partial charge in [-0.1, -0.05) is 39.0 Å². The molecule has 1 unspecified atom stereocenters. The predicted molar refractivity (Wildman–Crippen MR) is 66.6 cm³/mol. The van der Waals surface area contributed by atoms with Crippen LogP contribution in [-0.4, -0.2) is 11.7 Å². The Bertz CT molecular complexity index is 348. The van der Waals surface area contributed by atoms with Gasteiger partial charge in [0, 0.05) is 5.56 Å². The number of benzene rings is 1. The third-order valence-corrected chi connectivity index (χ3v) is 3.17. The molecular weight excluding hydrogens is 200 g/mol. The molecule has 1 aromatic carbocycles. The molecule has 0 aliphatic heterocycles. The molecule has 1 atom stereocenters. The fraction of sp³-hybridized carbons (Fsp3) is 0.571. The maximum atomic E-state index is 10.6. The topological polar surface area (TPSA) is 29.5 Å². The standard InChI is InChI=1S/C14H22O2/c1-6-16-12-10-8-7-9-11(12)14(5,15)13(2,3)4/h7-10,15H,6H2,1-5H3. The van der Waals surface area contributed by atoms with Crippen LogP contribution in [0, 0.1) is 5.41 Å². The van der Waals surface area contributed by atoms with Gasteiger partial charge in [-0.15, -0.1) is 0 Å². The van der Waals surface area contributed by atoms with Gasteiger partial charge in [-0.05, 0) is 25.3 Å². The Hall–Kier alpha value is -1.02. The van der Waals surface area contributed by atoms with E-state index in [1.54, 1.807) is 0 Å². The van der Waals surface area contributed by atoms with Gasteiger partial charge < -0.3 is 9.84 Å². The van der Waals surface area contributed by atoms with E-state index < -0.39 is 5.60 Å². The Morgan fingerprint density at radius 3 is 2.19 bits per heavy atom. The largest absolute Gasteiger partial charge is 0.493 e. The van der Waals surface area contributed by atoms with Gasteiger partial charge in [-0.3, -0.25) is 0 Å². The summed E-state index contributed by atoms with van der Waals surface area (Å²) >= 11 is 0. The first-order valence-electron chi connectivity index (χ1n) is 5.75. The molecule has 90 valence electrons. The van der Waals surface area contributed by atoms with Gasteiger partial charge >= 0.3 is 0 Å². The second-order valence-corrected chi connectivity index (χ2v) is 5.25. The Balaban J connectivity index is 3.21. The van der Waals surface area contributed by atoms with Gasteiger partial charge in [0.2, 0.25) is 0 Å².